The molecular weight excluding hydrogens is 350 g/mol. The van der Waals surface area contributed by atoms with Gasteiger partial charge in [-0.05, 0) is 50.3 Å². The fraction of sp³-hybridized carbons (Fsp3) is 0.391. The third-order valence-electron chi connectivity index (χ3n) is 5.35. The summed E-state index contributed by atoms with van der Waals surface area (Å²) in [5.41, 5.74) is 8.55. The van der Waals surface area contributed by atoms with Crippen LogP contribution in [0.15, 0.2) is 54.6 Å². The van der Waals surface area contributed by atoms with E-state index < -0.39 is 0 Å². The average Bonchev–Trinajstić information content (AvgIpc) is 2.70. The maximum absolute atomic E-state index is 12.7. The summed E-state index contributed by atoms with van der Waals surface area (Å²) in [4.78, 5) is 25.3. The van der Waals surface area contributed by atoms with Crippen LogP contribution in [-0.2, 0) is 4.79 Å². The van der Waals surface area contributed by atoms with Crippen molar-refractivity contribution in [3.63, 3.8) is 0 Å². The molecule has 2 aromatic rings. The Bertz CT molecular complexity index is 781. The summed E-state index contributed by atoms with van der Waals surface area (Å²) >= 11 is 0. The summed E-state index contributed by atoms with van der Waals surface area (Å²) in [6.07, 6.45) is 3.93. The van der Waals surface area contributed by atoms with Gasteiger partial charge in [0.25, 0.3) is 5.91 Å². The highest BCUT2D eigenvalue weighted by atomic mass is 16.2. The van der Waals surface area contributed by atoms with Crippen LogP contribution in [0, 0.1) is 6.92 Å². The monoisotopic (exact) mass is 379 g/mol. The maximum atomic E-state index is 12.7. The Balaban J connectivity index is 1.66. The molecule has 1 aliphatic carbocycles. The van der Waals surface area contributed by atoms with Crippen LogP contribution in [0.5, 0.6) is 0 Å². The van der Waals surface area contributed by atoms with E-state index in [4.69, 9.17) is 5.73 Å². The number of benzene rings is 2. The van der Waals surface area contributed by atoms with Crippen molar-refractivity contribution in [2.75, 3.05) is 0 Å². The van der Waals surface area contributed by atoms with Crippen LogP contribution >= 0.6 is 0 Å². The van der Waals surface area contributed by atoms with Gasteiger partial charge in [-0.15, -0.1) is 0 Å². The van der Waals surface area contributed by atoms with Gasteiger partial charge in [-0.25, -0.2) is 0 Å². The molecule has 1 aliphatic rings. The molecule has 0 bridgehead atoms. The lowest BCUT2D eigenvalue weighted by atomic mass is 9.91. The number of rotatable bonds is 6. The van der Waals surface area contributed by atoms with Gasteiger partial charge in [0.15, 0.2) is 0 Å². The van der Waals surface area contributed by atoms with Crippen LogP contribution in [-0.4, -0.2) is 23.9 Å². The molecular formula is C23H29N3O2. The van der Waals surface area contributed by atoms with Gasteiger partial charge < -0.3 is 16.4 Å². The fourth-order valence-corrected chi connectivity index (χ4v) is 3.62. The first-order chi connectivity index (χ1) is 13.5. The number of nitrogens with one attached hydrogen (secondary N) is 2. The smallest absolute Gasteiger partial charge is 0.251 e. The predicted molar refractivity (Wildman–Crippen MR) is 111 cm³/mol. The zero-order valence-electron chi connectivity index (χ0n) is 16.4. The van der Waals surface area contributed by atoms with Gasteiger partial charge in [-0.1, -0.05) is 48.0 Å². The summed E-state index contributed by atoms with van der Waals surface area (Å²) < 4.78 is 0. The van der Waals surface area contributed by atoms with Crippen molar-refractivity contribution >= 4 is 11.8 Å². The van der Waals surface area contributed by atoms with Crippen molar-refractivity contribution in [3.05, 3.63) is 71.3 Å². The van der Waals surface area contributed by atoms with E-state index in [1.807, 2.05) is 49.4 Å². The van der Waals surface area contributed by atoms with Crippen molar-refractivity contribution in [2.24, 2.45) is 5.73 Å². The van der Waals surface area contributed by atoms with E-state index in [1.165, 1.54) is 0 Å². The Kier molecular flexibility index (Phi) is 6.82. The molecule has 0 saturated heterocycles. The third kappa shape index (κ3) is 5.67. The van der Waals surface area contributed by atoms with Crippen molar-refractivity contribution < 1.29 is 9.59 Å². The Hall–Kier alpha value is -2.66. The molecule has 0 heterocycles. The Morgan fingerprint density at radius 1 is 1.00 bits per heavy atom. The summed E-state index contributed by atoms with van der Waals surface area (Å²) in [6, 6.07) is 17.1. The van der Waals surface area contributed by atoms with Crippen LogP contribution in [0.4, 0.5) is 0 Å². The molecule has 4 N–H and O–H groups in total. The Morgan fingerprint density at radius 2 is 1.64 bits per heavy atom. The zero-order chi connectivity index (χ0) is 19.9. The molecule has 5 nitrogen and oxygen atoms in total. The minimum Gasteiger partial charge on any atom is -0.353 e. The minimum atomic E-state index is -0.374. The van der Waals surface area contributed by atoms with E-state index in [9.17, 15) is 9.59 Å². The molecule has 1 saturated carbocycles. The average molecular weight is 380 g/mol. The molecule has 2 aromatic carbocycles. The summed E-state index contributed by atoms with van der Waals surface area (Å²) in [5.74, 6) is -0.219. The molecule has 0 aromatic heterocycles. The van der Waals surface area contributed by atoms with E-state index in [1.54, 1.807) is 12.1 Å². The highest BCUT2D eigenvalue weighted by molar-refractivity contribution is 5.94. The van der Waals surface area contributed by atoms with Gasteiger partial charge in [0.2, 0.25) is 5.91 Å². The van der Waals surface area contributed by atoms with Crippen LogP contribution in [0.1, 0.15) is 59.6 Å². The van der Waals surface area contributed by atoms with Crippen LogP contribution < -0.4 is 16.4 Å². The van der Waals surface area contributed by atoms with E-state index in [2.05, 4.69) is 10.6 Å². The number of nitrogens with two attached hydrogens (primary N) is 1. The molecule has 0 spiro atoms. The molecule has 1 unspecified atom stereocenters. The normalized spacial score (nSPS) is 20.2. The van der Waals surface area contributed by atoms with Gasteiger partial charge >= 0.3 is 0 Å². The number of carbonyl (C=O) groups is 2. The van der Waals surface area contributed by atoms with Crippen molar-refractivity contribution in [2.45, 2.75) is 57.2 Å². The predicted octanol–water partition coefficient (Wildman–Crippen LogP) is 3.24. The number of amides is 2. The molecule has 0 aliphatic heterocycles. The van der Waals surface area contributed by atoms with Gasteiger partial charge in [-0.2, -0.15) is 0 Å². The molecule has 1 fully saturated rings. The highest BCUT2D eigenvalue weighted by Crippen LogP contribution is 2.20. The first-order valence-electron chi connectivity index (χ1n) is 9.98. The third-order valence-corrected chi connectivity index (χ3v) is 5.35. The Labute approximate surface area is 166 Å². The standard InChI is InChI=1S/C23H29N3O2/c1-16-7-9-18(10-8-16)23(28)26-21(17-5-3-2-4-6-17)15-22(27)25-20-13-11-19(24)12-14-20/h2-10,19-21H,11-15,24H2,1H3,(H,25,27)(H,26,28). The van der Waals surface area contributed by atoms with Gasteiger partial charge in [-0.3, -0.25) is 9.59 Å². The van der Waals surface area contributed by atoms with E-state index >= 15 is 0 Å². The molecule has 148 valence electrons. The van der Waals surface area contributed by atoms with Crippen molar-refractivity contribution in [1.82, 2.24) is 10.6 Å². The zero-order valence-corrected chi connectivity index (χ0v) is 16.4. The molecule has 0 radical (unpaired) electrons. The van der Waals surface area contributed by atoms with Gasteiger partial charge in [0, 0.05) is 17.6 Å². The van der Waals surface area contributed by atoms with Gasteiger partial charge in [0.1, 0.15) is 0 Å². The molecule has 2 amide bonds. The first-order valence-corrected chi connectivity index (χ1v) is 9.98. The molecule has 1 atom stereocenters. The Morgan fingerprint density at radius 3 is 2.29 bits per heavy atom. The first kappa shape index (κ1) is 20.1. The largest absolute Gasteiger partial charge is 0.353 e. The fourth-order valence-electron chi connectivity index (χ4n) is 3.62. The quantitative estimate of drug-likeness (QED) is 0.720. The SMILES string of the molecule is Cc1ccc(C(=O)NC(CC(=O)NC2CCC(N)CC2)c2ccccc2)cc1. The lowest BCUT2D eigenvalue weighted by Crippen LogP contribution is -2.42. The molecule has 28 heavy (non-hydrogen) atoms. The number of carbonyl (C=O) groups excluding carboxylic acids is 2. The molecule has 3 rings (SSSR count). The second-order valence-corrected chi connectivity index (χ2v) is 7.69. The van der Waals surface area contributed by atoms with Crippen LogP contribution in [0.25, 0.3) is 0 Å². The van der Waals surface area contributed by atoms with Crippen LogP contribution in [0.3, 0.4) is 0 Å². The highest BCUT2D eigenvalue weighted by Gasteiger charge is 2.23. The number of hydrogen-bond acceptors (Lipinski definition) is 3. The lowest BCUT2D eigenvalue weighted by Gasteiger charge is -2.27. The van der Waals surface area contributed by atoms with Crippen molar-refractivity contribution in [3.8, 4) is 0 Å². The summed E-state index contributed by atoms with van der Waals surface area (Å²) in [7, 11) is 0. The van der Waals surface area contributed by atoms with E-state index in [-0.39, 0.29) is 36.4 Å². The second kappa shape index (κ2) is 9.51. The minimum absolute atomic E-state index is 0.0430. The topological polar surface area (TPSA) is 84.2 Å². The van der Waals surface area contributed by atoms with E-state index in [0.29, 0.717) is 5.56 Å². The van der Waals surface area contributed by atoms with Gasteiger partial charge in [0.05, 0.1) is 12.5 Å². The number of hydrogen-bond donors (Lipinski definition) is 3. The molecule has 5 heteroatoms. The number of aryl methyl sites for hydroxylation is 1. The summed E-state index contributed by atoms with van der Waals surface area (Å²) in [5, 5.41) is 6.14. The second-order valence-electron chi connectivity index (χ2n) is 7.69. The van der Waals surface area contributed by atoms with E-state index in [0.717, 1.165) is 36.8 Å². The van der Waals surface area contributed by atoms with Crippen LogP contribution in [0.2, 0.25) is 0 Å². The lowest BCUT2D eigenvalue weighted by molar-refractivity contribution is -0.122. The maximum Gasteiger partial charge on any atom is 0.251 e. The summed E-state index contributed by atoms with van der Waals surface area (Å²) in [6.45, 7) is 1.98. The van der Waals surface area contributed by atoms with Crippen molar-refractivity contribution in [1.29, 1.82) is 0 Å².